The van der Waals surface area contributed by atoms with Crippen molar-refractivity contribution in [2.24, 2.45) is 0 Å². The van der Waals surface area contributed by atoms with E-state index in [0.717, 1.165) is 5.69 Å². The summed E-state index contributed by atoms with van der Waals surface area (Å²) in [6.45, 7) is 0. The van der Waals surface area contributed by atoms with E-state index in [-0.39, 0.29) is 17.5 Å². The second kappa shape index (κ2) is 5.83. The second-order valence-corrected chi connectivity index (χ2v) is 7.87. The SMILES string of the molecule is O=S1(=O)CC(Cl)C(NC(=S)Nc2cccc(Cl)c2)C1. The maximum atomic E-state index is 11.4. The molecule has 2 rings (SSSR count). The highest BCUT2D eigenvalue weighted by Crippen LogP contribution is 2.19. The molecule has 1 saturated heterocycles. The van der Waals surface area contributed by atoms with Crippen molar-refractivity contribution >= 4 is 56.1 Å². The second-order valence-electron chi connectivity index (χ2n) is 4.31. The fourth-order valence-corrected chi connectivity index (χ4v) is 4.85. The van der Waals surface area contributed by atoms with E-state index >= 15 is 0 Å². The van der Waals surface area contributed by atoms with E-state index in [1.807, 2.05) is 6.07 Å². The minimum absolute atomic E-state index is 0.00146. The molecule has 19 heavy (non-hydrogen) atoms. The minimum atomic E-state index is -3.07. The normalized spacial score (nSPS) is 24.9. The van der Waals surface area contributed by atoms with Gasteiger partial charge >= 0.3 is 0 Å². The molecule has 2 N–H and O–H groups in total. The summed E-state index contributed by atoms with van der Waals surface area (Å²) in [6.07, 6.45) is 0. The Balaban J connectivity index is 1.95. The van der Waals surface area contributed by atoms with Gasteiger partial charge in [0.25, 0.3) is 0 Å². The van der Waals surface area contributed by atoms with E-state index in [4.69, 9.17) is 35.4 Å². The summed E-state index contributed by atoms with van der Waals surface area (Å²) in [7, 11) is -3.07. The summed E-state index contributed by atoms with van der Waals surface area (Å²) in [5.74, 6) is -0.0233. The lowest BCUT2D eigenvalue weighted by Crippen LogP contribution is -2.42. The Morgan fingerprint density at radius 2 is 2.11 bits per heavy atom. The van der Waals surface area contributed by atoms with Crippen LogP contribution >= 0.6 is 35.4 Å². The number of benzene rings is 1. The molecule has 2 unspecified atom stereocenters. The number of alkyl halides is 1. The van der Waals surface area contributed by atoms with Crippen LogP contribution in [0.4, 0.5) is 5.69 Å². The van der Waals surface area contributed by atoms with Gasteiger partial charge in [-0.05, 0) is 30.4 Å². The lowest BCUT2D eigenvalue weighted by atomic mass is 10.2. The van der Waals surface area contributed by atoms with Gasteiger partial charge in [-0.1, -0.05) is 17.7 Å². The van der Waals surface area contributed by atoms with Crippen LogP contribution in [-0.4, -0.2) is 36.5 Å². The van der Waals surface area contributed by atoms with Crippen LogP contribution in [0.25, 0.3) is 0 Å². The van der Waals surface area contributed by atoms with E-state index in [1.165, 1.54) is 0 Å². The summed E-state index contributed by atoms with van der Waals surface area (Å²) in [5, 5.41) is 6.31. The van der Waals surface area contributed by atoms with Crippen LogP contribution in [0.2, 0.25) is 5.02 Å². The van der Waals surface area contributed by atoms with E-state index in [0.29, 0.717) is 10.1 Å². The zero-order chi connectivity index (χ0) is 14.0. The Morgan fingerprint density at radius 3 is 2.68 bits per heavy atom. The monoisotopic (exact) mass is 338 g/mol. The highest BCUT2D eigenvalue weighted by atomic mass is 35.5. The molecule has 1 fully saturated rings. The van der Waals surface area contributed by atoms with Crippen LogP contribution in [-0.2, 0) is 9.84 Å². The number of rotatable bonds is 2. The predicted molar refractivity (Wildman–Crippen MR) is 82.9 cm³/mol. The van der Waals surface area contributed by atoms with Gasteiger partial charge in [-0.2, -0.15) is 0 Å². The van der Waals surface area contributed by atoms with E-state index in [9.17, 15) is 8.42 Å². The maximum Gasteiger partial charge on any atom is 0.171 e. The van der Waals surface area contributed by atoms with Crippen molar-refractivity contribution in [3.05, 3.63) is 29.3 Å². The fourth-order valence-electron chi connectivity index (χ4n) is 1.84. The number of halogens is 2. The number of sulfone groups is 1. The van der Waals surface area contributed by atoms with Crippen LogP contribution in [0.1, 0.15) is 0 Å². The standard InChI is InChI=1S/C11H12Cl2N2O2S2/c12-7-2-1-3-8(4-7)14-11(18)15-10-6-19(16,17)5-9(10)13/h1-4,9-10H,5-6H2,(H2,14,15,18). The Bertz CT molecular complexity index is 592. The fraction of sp³-hybridized carbons (Fsp3) is 0.364. The molecule has 104 valence electrons. The minimum Gasteiger partial charge on any atom is -0.357 e. The van der Waals surface area contributed by atoms with Gasteiger partial charge in [0.1, 0.15) is 0 Å². The zero-order valence-electron chi connectivity index (χ0n) is 9.77. The maximum absolute atomic E-state index is 11.4. The van der Waals surface area contributed by atoms with Crippen LogP contribution < -0.4 is 10.6 Å². The Labute approximate surface area is 127 Å². The first-order valence-electron chi connectivity index (χ1n) is 5.53. The van der Waals surface area contributed by atoms with Gasteiger partial charge < -0.3 is 10.6 Å². The molecule has 0 radical (unpaired) electrons. The molecule has 1 aliphatic rings. The van der Waals surface area contributed by atoms with Crippen molar-refractivity contribution in [1.82, 2.24) is 5.32 Å². The third kappa shape index (κ3) is 4.21. The average Bonchev–Trinajstić information content (AvgIpc) is 2.51. The smallest absolute Gasteiger partial charge is 0.171 e. The molecule has 1 aromatic rings. The lowest BCUT2D eigenvalue weighted by molar-refractivity contribution is 0.600. The molecule has 0 aliphatic carbocycles. The van der Waals surface area contributed by atoms with Crippen molar-refractivity contribution < 1.29 is 8.42 Å². The molecular weight excluding hydrogens is 327 g/mol. The number of hydrogen-bond acceptors (Lipinski definition) is 3. The van der Waals surface area contributed by atoms with Gasteiger partial charge in [-0.15, -0.1) is 11.6 Å². The predicted octanol–water partition coefficient (Wildman–Crippen LogP) is 2.03. The van der Waals surface area contributed by atoms with Gasteiger partial charge in [-0.3, -0.25) is 0 Å². The summed E-state index contributed by atoms with van der Waals surface area (Å²) in [4.78, 5) is 0. The van der Waals surface area contributed by atoms with E-state index in [2.05, 4.69) is 10.6 Å². The van der Waals surface area contributed by atoms with Crippen molar-refractivity contribution in [3.63, 3.8) is 0 Å². The molecule has 4 nitrogen and oxygen atoms in total. The van der Waals surface area contributed by atoms with Crippen LogP contribution in [0.3, 0.4) is 0 Å². The lowest BCUT2D eigenvalue weighted by Gasteiger charge is -2.17. The van der Waals surface area contributed by atoms with Gasteiger partial charge in [-0.25, -0.2) is 8.42 Å². The molecule has 0 amide bonds. The molecule has 0 saturated carbocycles. The van der Waals surface area contributed by atoms with Gasteiger partial charge in [0.15, 0.2) is 14.9 Å². The Hall–Kier alpha value is -0.560. The summed E-state index contributed by atoms with van der Waals surface area (Å²) >= 11 is 17.0. The number of nitrogens with one attached hydrogen (secondary N) is 2. The van der Waals surface area contributed by atoms with Crippen molar-refractivity contribution in [2.75, 3.05) is 16.8 Å². The van der Waals surface area contributed by atoms with Crippen LogP contribution in [0, 0.1) is 0 Å². The molecule has 2 atom stereocenters. The largest absolute Gasteiger partial charge is 0.357 e. The molecule has 1 aliphatic heterocycles. The summed E-state index contributed by atoms with van der Waals surface area (Å²) in [6, 6.07) is 6.70. The summed E-state index contributed by atoms with van der Waals surface area (Å²) < 4.78 is 22.9. The van der Waals surface area contributed by atoms with Crippen molar-refractivity contribution in [2.45, 2.75) is 11.4 Å². The van der Waals surface area contributed by atoms with Gasteiger partial charge in [0.2, 0.25) is 0 Å². The Kier molecular flexibility index (Phi) is 4.55. The Morgan fingerprint density at radius 1 is 1.37 bits per heavy atom. The molecule has 0 bridgehead atoms. The molecule has 8 heteroatoms. The van der Waals surface area contributed by atoms with Crippen molar-refractivity contribution in [1.29, 1.82) is 0 Å². The topological polar surface area (TPSA) is 58.2 Å². The summed E-state index contributed by atoms with van der Waals surface area (Å²) in [5.41, 5.74) is 0.733. The number of anilines is 1. The zero-order valence-corrected chi connectivity index (χ0v) is 12.9. The van der Waals surface area contributed by atoms with Gasteiger partial charge in [0.05, 0.1) is 22.9 Å². The quantitative estimate of drug-likeness (QED) is 0.638. The van der Waals surface area contributed by atoms with E-state index < -0.39 is 15.2 Å². The molecule has 0 spiro atoms. The first-order valence-corrected chi connectivity index (χ1v) is 8.58. The number of thiocarbonyl (C=S) groups is 1. The molecule has 1 aromatic carbocycles. The molecule has 1 heterocycles. The highest BCUT2D eigenvalue weighted by molar-refractivity contribution is 7.91. The van der Waals surface area contributed by atoms with Crippen LogP contribution in [0.5, 0.6) is 0 Å². The van der Waals surface area contributed by atoms with Gasteiger partial charge in [0, 0.05) is 10.7 Å². The van der Waals surface area contributed by atoms with Crippen LogP contribution in [0.15, 0.2) is 24.3 Å². The van der Waals surface area contributed by atoms with Crippen molar-refractivity contribution in [3.8, 4) is 0 Å². The van der Waals surface area contributed by atoms with E-state index in [1.54, 1.807) is 18.2 Å². The third-order valence-electron chi connectivity index (χ3n) is 2.68. The highest BCUT2D eigenvalue weighted by Gasteiger charge is 2.36. The molecular formula is C11H12Cl2N2O2S2. The molecule has 0 aromatic heterocycles. The first-order chi connectivity index (χ1) is 8.85. The number of hydrogen-bond donors (Lipinski definition) is 2. The third-order valence-corrected chi connectivity index (χ3v) is 5.51. The first kappa shape index (κ1) is 14.8. The average molecular weight is 339 g/mol.